The van der Waals surface area contributed by atoms with Gasteiger partial charge in [-0.25, -0.2) is 0 Å². The van der Waals surface area contributed by atoms with Gasteiger partial charge < -0.3 is 0 Å². The molecule has 12 heavy (non-hydrogen) atoms. The van der Waals surface area contributed by atoms with Gasteiger partial charge in [-0.05, 0) is 40.0 Å². The Bertz CT molecular complexity index is 363. The molecule has 0 aromatic heterocycles. The van der Waals surface area contributed by atoms with Gasteiger partial charge in [0.25, 0.3) is 0 Å². The van der Waals surface area contributed by atoms with Crippen molar-refractivity contribution in [2.75, 3.05) is 0 Å². The van der Waals surface area contributed by atoms with E-state index < -0.39 is 0 Å². The van der Waals surface area contributed by atoms with Gasteiger partial charge in [-0.1, -0.05) is 17.5 Å². The van der Waals surface area contributed by atoms with Crippen LogP contribution in [0.5, 0.6) is 0 Å². The minimum atomic E-state index is 0.557. The standard InChI is InChI=1S/C9H4BrClO/c10-9-6-8(11)4-3-7(9)2-1-5-12/h3-6H. The maximum atomic E-state index is 9.94. The first-order valence-electron chi connectivity index (χ1n) is 3.14. The van der Waals surface area contributed by atoms with Crippen LogP contribution >= 0.6 is 27.5 Å². The second-order valence-electron chi connectivity index (χ2n) is 2.01. The van der Waals surface area contributed by atoms with E-state index in [4.69, 9.17) is 11.6 Å². The van der Waals surface area contributed by atoms with Crippen LogP contribution in [0.25, 0.3) is 0 Å². The predicted molar refractivity (Wildman–Crippen MR) is 52.1 cm³/mol. The molecule has 1 nitrogen and oxygen atoms in total. The summed E-state index contributed by atoms with van der Waals surface area (Å²) in [6, 6.07) is 5.21. The topological polar surface area (TPSA) is 17.1 Å². The molecule has 1 aromatic carbocycles. The lowest BCUT2D eigenvalue weighted by Crippen LogP contribution is -1.76. The van der Waals surface area contributed by atoms with Crippen LogP contribution in [0.1, 0.15) is 5.56 Å². The van der Waals surface area contributed by atoms with Gasteiger partial charge in [-0.2, -0.15) is 0 Å². The number of hydrogen-bond acceptors (Lipinski definition) is 1. The van der Waals surface area contributed by atoms with Crippen molar-refractivity contribution in [2.24, 2.45) is 0 Å². The minimum absolute atomic E-state index is 0.557. The van der Waals surface area contributed by atoms with E-state index in [0.29, 0.717) is 11.3 Å². The second-order valence-corrected chi connectivity index (χ2v) is 3.30. The van der Waals surface area contributed by atoms with Crippen molar-refractivity contribution in [2.45, 2.75) is 0 Å². The molecule has 0 atom stereocenters. The molecule has 0 saturated heterocycles. The van der Waals surface area contributed by atoms with Crippen LogP contribution in [0.15, 0.2) is 22.7 Å². The second kappa shape index (κ2) is 4.30. The molecular weight excluding hydrogens is 239 g/mol. The van der Waals surface area contributed by atoms with Gasteiger partial charge in [0, 0.05) is 15.1 Å². The third-order valence-corrected chi connectivity index (χ3v) is 2.09. The first-order valence-corrected chi connectivity index (χ1v) is 4.31. The number of benzene rings is 1. The molecule has 0 heterocycles. The van der Waals surface area contributed by atoms with E-state index in [1.165, 1.54) is 0 Å². The van der Waals surface area contributed by atoms with Crippen molar-refractivity contribution < 1.29 is 4.79 Å². The van der Waals surface area contributed by atoms with E-state index in [-0.39, 0.29) is 0 Å². The summed E-state index contributed by atoms with van der Waals surface area (Å²) in [5, 5.41) is 0.638. The van der Waals surface area contributed by atoms with Crippen molar-refractivity contribution in [3.63, 3.8) is 0 Å². The zero-order valence-corrected chi connectivity index (χ0v) is 8.32. The highest BCUT2D eigenvalue weighted by atomic mass is 79.9. The molecule has 1 aromatic rings. The van der Waals surface area contributed by atoms with Crippen LogP contribution in [-0.2, 0) is 4.79 Å². The summed E-state index contributed by atoms with van der Waals surface area (Å²) in [4.78, 5) is 9.94. The lowest BCUT2D eigenvalue weighted by atomic mass is 10.2. The molecule has 0 N–H and O–H groups in total. The van der Waals surface area contributed by atoms with E-state index in [9.17, 15) is 4.79 Å². The Morgan fingerprint density at radius 3 is 2.83 bits per heavy atom. The number of carbonyl (C=O) groups is 1. The molecule has 0 radical (unpaired) electrons. The first kappa shape index (κ1) is 9.31. The lowest BCUT2D eigenvalue weighted by Gasteiger charge is -1.94. The molecule has 0 bridgehead atoms. The summed E-state index contributed by atoms with van der Waals surface area (Å²) < 4.78 is 0.796. The highest BCUT2D eigenvalue weighted by molar-refractivity contribution is 9.10. The molecular formula is C9H4BrClO. The highest BCUT2D eigenvalue weighted by Gasteiger charge is 1.95. The van der Waals surface area contributed by atoms with Crippen molar-refractivity contribution >= 4 is 33.8 Å². The van der Waals surface area contributed by atoms with Crippen LogP contribution in [0.2, 0.25) is 5.02 Å². The summed E-state index contributed by atoms with van der Waals surface area (Å²) in [5.41, 5.74) is 0.756. The van der Waals surface area contributed by atoms with Crippen molar-refractivity contribution in [1.29, 1.82) is 0 Å². The summed E-state index contributed by atoms with van der Waals surface area (Å²) in [5.74, 6) is 4.99. The van der Waals surface area contributed by atoms with Crippen LogP contribution < -0.4 is 0 Å². The number of carbonyl (C=O) groups excluding carboxylic acids is 1. The fourth-order valence-corrected chi connectivity index (χ4v) is 1.48. The zero-order chi connectivity index (χ0) is 8.97. The molecule has 0 aliphatic carbocycles. The Labute approximate surface area is 83.9 Å². The molecule has 1 rings (SSSR count). The van der Waals surface area contributed by atoms with Gasteiger partial charge >= 0.3 is 0 Å². The summed E-state index contributed by atoms with van der Waals surface area (Å²) >= 11 is 8.98. The van der Waals surface area contributed by atoms with Crippen molar-refractivity contribution in [1.82, 2.24) is 0 Å². The Balaban J connectivity index is 3.09. The third-order valence-electron chi connectivity index (χ3n) is 1.20. The van der Waals surface area contributed by atoms with E-state index >= 15 is 0 Å². The number of rotatable bonds is 0. The van der Waals surface area contributed by atoms with Gasteiger partial charge in [0.1, 0.15) is 0 Å². The average molecular weight is 243 g/mol. The fourth-order valence-electron chi connectivity index (χ4n) is 0.698. The molecule has 0 aliphatic rings. The van der Waals surface area contributed by atoms with Crippen molar-refractivity contribution in [3.05, 3.63) is 33.3 Å². The molecule has 0 amide bonds. The van der Waals surface area contributed by atoms with Gasteiger partial charge in [0.05, 0.1) is 0 Å². The molecule has 0 aliphatic heterocycles. The van der Waals surface area contributed by atoms with Crippen molar-refractivity contribution in [3.8, 4) is 11.8 Å². The predicted octanol–water partition coefficient (Wildman–Crippen LogP) is 2.65. The lowest BCUT2D eigenvalue weighted by molar-refractivity contribution is -0.103. The number of aldehydes is 1. The van der Waals surface area contributed by atoms with E-state index in [0.717, 1.165) is 10.0 Å². The largest absolute Gasteiger partial charge is 0.289 e. The maximum Gasteiger partial charge on any atom is 0.193 e. The maximum absolute atomic E-state index is 9.94. The Kier molecular flexibility index (Phi) is 3.33. The average Bonchev–Trinajstić information content (AvgIpc) is 2.03. The normalized spacial score (nSPS) is 8.50. The van der Waals surface area contributed by atoms with E-state index in [1.807, 2.05) is 0 Å². The number of hydrogen-bond donors (Lipinski definition) is 0. The molecule has 3 heteroatoms. The minimum Gasteiger partial charge on any atom is -0.289 e. The van der Waals surface area contributed by atoms with Crippen LogP contribution in [0.4, 0.5) is 0 Å². The van der Waals surface area contributed by atoms with E-state index in [2.05, 4.69) is 27.8 Å². The quantitative estimate of drug-likeness (QED) is 0.506. The van der Waals surface area contributed by atoms with Gasteiger partial charge in [0.2, 0.25) is 0 Å². The molecule has 0 fully saturated rings. The third kappa shape index (κ3) is 2.37. The van der Waals surface area contributed by atoms with Gasteiger partial charge in [-0.15, -0.1) is 0 Å². The monoisotopic (exact) mass is 242 g/mol. The number of halogens is 2. The van der Waals surface area contributed by atoms with Gasteiger partial charge in [-0.3, -0.25) is 4.79 Å². The zero-order valence-electron chi connectivity index (χ0n) is 5.97. The summed E-state index contributed by atoms with van der Waals surface area (Å²) in [6.07, 6.45) is 0.557. The Hall–Kier alpha value is -0.780. The van der Waals surface area contributed by atoms with Crippen LogP contribution in [0.3, 0.4) is 0 Å². The van der Waals surface area contributed by atoms with E-state index in [1.54, 1.807) is 18.2 Å². The highest BCUT2D eigenvalue weighted by Crippen LogP contribution is 2.20. The molecule has 0 unspecified atom stereocenters. The Morgan fingerprint density at radius 2 is 2.25 bits per heavy atom. The van der Waals surface area contributed by atoms with Gasteiger partial charge in [0.15, 0.2) is 6.29 Å². The summed E-state index contributed by atoms with van der Waals surface area (Å²) in [6.45, 7) is 0. The van der Waals surface area contributed by atoms with Crippen LogP contribution in [0, 0.1) is 11.8 Å². The first-order chi connectivity index (χ1) is 5.74. The fraction of sp³-hybridized carbons (Fsp3) is 0. The van der Waals surface area contributed by atoms with Crippen LogP contribution in [-0.4, -0.2) is 6.29 Å². The smallest absolute Gasteiger partial charge is 0.193 e. The Morgan fingerprint density at radius 1 is 1.50 bits per heavy atom. The SMILES string of the molecule is O=CC#Cc1ccc(Cl)cc1Br. The molecule has 60 valence electrons. The molecule has 0 spiro atoms. The summed E-state index contributed by atoms with van der Waals surface area (Å²) in [7, 11) is 0. The molecule has 0 saturated carbocycles.